The normalized spacial score (nSPS) is 31.2. The van der Waals surface area contributed by atoms with E-state index in [0.29, 0.717) is 12.1 Å². The maximum Gasteiger partial charge on any atom is 0.0717 e. The van der Waals surface area contributed by atoms with E-state index in [1.54, 1.807) is 7.11 Å². The summed E-state index contributed by atoms with van der Waals surface area (Å²) in [5.41, 5.74) is 0. The number of hydrogen-bond donors (Lipinski definition) is 0. The molecule has 0 spiro atoms. The molecule has 0 amide bonds. The Labute approximate surface area is 74.6 Å². The lowest BCUT2D eigenvalue weighted by Crippen LogP contribution is -2.28. The van der Waals surface area contributed by atoms with Crippen molar-refractivity contribution in [3.8, 4) is 0 Å². The second-order valence-corrected chi connectivity index (χ2v) is 3.36. The summed E-state index contributed by atoms with van der Waals surface area (Å²) in [5.74, 6) is 0. The van der Waals surface area contributed by atoms with E-state index < -0.39 is 0 Å². The van der Waals surface area contributed by atoms with E-state index in [0.717, 1.165) is 26.2 Å². The van der Waals surface area contributed by atoms with E-state index in [4.69, 9.17) is 9.47 Å². The first kappa shape index (κ1) is 9.96. The van der Waals surface area contributed by atoms with Gasteiger partial charge in [-0.25, -0.2) is 0 Å². The molecule has 72 valence electrons. The molecule has 1 saturated heterocycles. The summed E-state index contributed by atoms with van der Waals surface area (Å²) in [4.78, 5) is 2.31. The highest BCUT2D eigenvalue weighted by Crippen LogP contribution is 2.18. The zero-order chi connectivity index (χ0) is 8.97. The Kier molecular flexibility index (Phi) is 3.98. The standard InChI is InChI=1S/C9H19NO2/c1-4-12-9-5-8(7-11-3)10(2)6-9/h8-9H,4-7H2,1-3H3. The number of hydrogen-bond acceptors (Lipinski definition) is 3. The van der Waals surface area contributed by atoms with Crippen LogP contribution < -0.4 is 0 Å². The van der Waals surface area contributed by atoms with Crippen LogP contribution in [0.25, 0.3) is 0 Å². The maximum atomic E-state index is 5.55. The van der Waals surface area contributed by atoms with Gasteiger partial charge in [-0.3, -0.25) is 4.90 Å². The molecule has 0 aromatic rings. The lowest BCUT2D eigenvalue weighted by atomic mass is 10.2. The van der Waals surface area contributed by atoms with Crippen LogP contribution in [0.5, 0.6) is 0 Å². The lowest BCUT2D eigenvalue weighted by molar-refractivity contribution is 0.0701. The molecule has 1 aliphatic heterocycles. The molecule has 1 aliphatic rings. The van der Waals surface area contributed by atoms with Gasteiger partial charge in [-0.05, 0) is 20.4 Å². The first-order valence-corrected chi connectivity index (χ1v) is 4.58. The van der Waals surface area contributed by atoms with Crippen LogP contribution in [-0.4, -0.2) is 51.0 Å². The third kappa shape index (κ3) is 2.44. The van der Waals surface area contributed by atoms with Crippen LogP contribution in [0.2, 0.25) is 0 Å². The summed E-state index contributed by atoms with van der Waals surface area (Å²) in [5, 5.41) is 0. The molecule has 2 atom stereocenters. The predicted octanol–water partition coefficient (Wildman–Crippen LogP) is 0.742. The number of rotatable bonds is 4. The average molecular weight is 173 g/mol. The van der Waals surface area contributed by atoms with Gasteiger partial charge in [0, 0.05) is 26.3 Å². The smallest absolute Gasteiger partial charge is 0.0717 e. The Bertz CT molecular complexity index is 130. The second-order valence-electron chi connectivity index (χ2n) is 3.36. The number of likely N-dealkylation sites (N-methyl/N-ethyl adjacent to an activating group) is 1. The Morgan fingerprint density at radius 1 is 1.50 bits per heavy atom. The Morgan fingerprint density at radius 3 is 2.83 bits per heavy atom. The predicted molar refractivity (Wildman–Crippen MR) is 48.3 cm³/mol. The number of nitrogens with zero attached hydrogens (tertiary/aromatic N) is 1. The maximum absolute atomic E-state index is 5.55. The van der Waals surface area contributed by atoms with Gasteiger partial charge in [0.25, 0.3) is 0 Å². The van der Waals surface area contributed by atoms with Crippen LogP contribution in [0, 0.1) is 0 Å². The number of ether oxygens (including phenoxy) is 2. The molecule has 0 aromatic heterocycles. The van der Waals surface area contributed by atoms with Crippen molar-refractivity contribution in [2.45, 2.75) is 25.5 Å². The van der Waals surface area contributed by atoms with Crippen LogP contribution >= 0.6 is 0 Å². The summed E-state index contributed by atoms with van der Waals surface area (Å²) in [6.07, 6.45) is 1.53. The largest absolute Gasteiger partial charge is 0.383 e. The molecule has 1 heterocycles. The van der Waals surface area contributed by atoms with Crippen LogP contribution in [-0.2, 0) is 9.47 Å². The second kappa shape index (κ2) is 4.80. The first-order valence-electron chi connectivity index (χ1n) is 4.58. The van der Waals surface area contributed by atoms with Gasteiger partial charge in [0.15, 0.2) is 0 Å². The topological polar surface area (TPSA) is 21.7 Å². The summed E-state index contributed by atoms with van der Waals surface area (Å²) >= 11 is 0. The highest BCUT2D eigenvalue weighted by molar-refractivity contribution is 4.83. The van der Waals surface area contributed by atoms with Crippen LogP contribution in [0.1, 0.15) is 13.3 Å². The molecule has 2 unspecified atom stereocenters. The molecule has 3 heteroatoms. The third-order valence-electron chi connectivity index (χ3n) is 2.41. The fourth-order valence-corrected chi connectivity index (χ4v) is 1.77. The van der Waals surface area contributed by atoms with Gasteiger partial charge in [-0.2, -0.15) is 0 Å². The van der Waals surface area contributed by atoms with Crippen molar-refractivity contribution in [1.82, 2.24) is 4.90 Å². The van der Waals surface area contributed by atoms with Crippen molar-refractivity contribution in [3.63, 3.8) is 0 Å². The van der Waals surface area contributed by atoms with E-state index in [-0.39, 0.29) is 0 Å². The zero-order valence-electron chi connectivity index (χ0n) is 8.25. The zero-order valence-corrected chi connectivity index (χ0v) is 8.25. The van der Waals surface area contributed by atoms with Crippen molar-refractivity contribution < 1.29 is 9.47 Å². The van der Waals surface area contributed by atoms with Crippen molar-refractivity contribution >= 4 is 0 Å². The molecule has 0 N–H and O–H groups in total. The minimum absolute atomic E-state index is 0.417. The fourth-order valence-electron chi connectivity index (χ4n) is 1.77. The number of likely N-dealkylation sites (tertiary alicyclic amines) is 1. The molecule has 0 aromatic carbocycles. The quantitative estimate of drug-likeness (QED) is 0.626. The first-order chi connectivity index (χ1) is 5.77. The molecule has 1 rings (SSSR count). The van der Waals surface area contributed by atoms with E-state index in [1.807, 2.05) is 6.92 Å². The number of methoxy groups -OCH3 is 1. The van der Waals surface area contributed by atoms with Gasteiger partial charge in [-0.15, -0.1) is 0 Å². The van der Waals surface area contributed by atoms with Crippen LogP contribution in [0.3, 0.4) is 0 Å². The molecular weight excluding hydrogens is 154 g/mol. The monoisotopic (exact) mass is 173 g/mol. The Hall–Kier alpha value is -0.120. The molecule has 0 saturated carbocycles. The van der Waals surface area contributed by atoms with Crippen molar-refractivity contribution in [2.75, 3.05) is 33.9 Å². The van der Waals surface area contributed by atoms with E-state index in [1.165, 1.54) is 0 Å². The molecule has 0 bridgehead atoms. The van der Waals surface area contributed by atoms with Gasteiger partial charge in [-0.1, -0.05) is 0 Å². The third-order valence-corrected chi connectivity index (χ3v) is 2.41. The van der Waals surface area contributed by atoms with E-state index in [9.17, 15) is 0 Å². The van der Waals surface area contributed by atoms with E-state index >= 15 is 0 Å². The highest BCUT2D eigenvalue weighted by Gasteiger charge is 2.29. The Morgan fingerprint density at radius 2 is 2.25 bits per heavy atom. The van der Waals surface area contributed by atoms with Crippen LogP contribution in [0.4, 0.5) is 0 Å². The van der Waals surface area contributed by atoms with Gasteiger partial charge in [0.2, 0.25) is 0 Å². The van der Waals surface area contributed by atoms with Crippen molar-refractivity contribution in [1.29, 1.82) is 0 Å². The summed E-state index contributed by atoms with van der Waals surface area (Å²) in [6.45, 7) is 4.73. The van der Waals surface area contributed by atoms with Gasteiger partial charge in [0.1, 0.15) is 0 Å². The van der Waals surface area contributed by atoms with Gasteiger partial charge >= 0.3 is 0 Å². The molecule has 0 aliphatic carbocycles. The SMILES string of the molecule is CCOC1CC(COC)N(C)C1. The lowest BCUT2D eigenvalue weighted by Gasteiger charge is -2.16. The van der Waals surface area contributed by atoms with Gasteiger partial charge < -0.3 is 9.47 Å². The average Bonchev–Trinajstić information content (AvgIpc) is 2.34. The van der Waals surface area contributed by atoms with Crippen molar-refractivity contribution in [2.24, 2.45) is 0 Å². The fraction of sp³-hybridized carbons (Fsp3) is 1.00. The minimum Gasteiger partial charge on any atom is -0.383 e. The molecule has 1 fully saturated rings. The highest BCUT2D eigenvalue weighted by atomic mass is 16.5. The summed E-state index contributed by atoms with van der Waals surface area (Å²) < 4.78 is 10.7. The van der Waals surface area contributed by atoms with Crippen molar-refractivity contribution in [3.05, 3.63) is 0 Å². The summed E-state index contributed by atoms with van der Waals surface area (Å²) in [7, 11) is 3.88. The van der Waals surface area contributed by atoms with Gasteiger partial charge in [0.05, 0.1) is 12.7 Å². The minimum atomic E-state index is 0.417. The molecule has 0 radical (unpaired) electrons. The van der Waals surface area contributed by atoms with E-state index in [2.05, 4.69) is 11.9 Å². The van der Waals surface area contributed by atoms with Crippen LogP contribution in [0.15, 0.2) is 0 Å². The summed E-state index contributed by atoms with van der Waals surface area (Å²) in [6, 6.07) is 0.548. The molecular formula is C9H19NO2. The Balaban J connectivity index is 2.29. The molecule has 12 heavy (non-hydrogen) atoms. The molecule has 3 nitrogen and oxygen atoms in total.